The van der Waals surface area contributed by atoms with Crippen LogP contribution in [0.5, 0.6) is 0 Å². The molecule has 0 spiro atoms. The van der Waals surface area contributed by atoms with Gasteiger partial charge in [0.25, 0.3) is 0 Å². The minimum absolute atomic E-state index is 0.831. The van der Waals surface area contributed by atoms with Crippen LogP contribution in [0.3, 0.4) is 0 Å². The predicted octanol–water partition coefficient (Wildman–Crippen LogP) is 4.43. The second-order valence-electron chi connectivity index (χ2n) is 11.2. The van der Waals surface area contributed by atoms with Crippen molar-refractivity contribution in [3.05, 3.63) is 77.0 Å². The van der Waals surface area contributed by atoms with Crippen molar-refractivity contribution in [1.29, 1.82) is 0 Å². The fourth-order valence-electron chi connectivity index (χ4n) is 6.01. The molecule has 3 aliphatic heterocycles. The maximum Gasteiger partial charge on any atom is 0.161 e. The van der Waals surface area contributed by atoms with E-state index in [1.54, 1.807) is 0 Å². The van der Waals surface area contributed by atoms with Crippen molar-refractivity contribution >= 4 is 5.82 Å². The van der Waals surface area contributed by atoms with Crippen molar-refractivity contribution < 1.29 is 4.74 Å². The van der Waals surface area contributed by atoms with Gasteiger partial charge >= 0.3 is 0 Å². The molecule has 3 aromatic rings. The monoisotopic (exact) mass is 526 g/mol. The molecule has 2 fully saturated rings. The Hall–Kier alpha value is -2.84. The maximum absolute atomic E-state index is 5.50. The molecule has 0 aliphatic carbocycles. The molecule has 2 saturated heterocycles. The standard InChI is InChI=1S/C32H42N6O/c1-2-7-26(8-3-1)24-38-18-13-30-29(25-38)32(33-14-6-17-36-15-4-5-16-36)35-31(34-30)28-11-9-27(10-12-28)23-37-19-21-39-22-20-37/h1-3,7-12H,4-6,13-25H2,(H,33,34,35). The van der Waals surface area contributed by atoms with Crippen molar-refractivity contribution in [2.75, 3.05) is 64.3 Å². The lowest BCUT2D eigenvalue weighted by Gasteiger charge is -2.30. The predicted molar refractivity (Wildman–Crippen MR) is 157 cm³/mol. The first kappa shape index (κ1) is 26.4. The molecule has 3 aliphatic rings. The third-order valence-electron chi connectivity index (χ3n) is 8.25. The van der Waals surface area contributed by atoms with E-state index >= 15 is 0 Å². The molecule has 0 bridgehead atoms. The molecule has 0 radical (unpaired) electrons. The minimum atomic E-state index is 0.831. The normalized spacial score (nSPS) is 18.8. The van der Waals surface area contributed by atoms with E-state index in [0.717, 1.165) is 95.6 Å². The molecule has 0 unspecified atom stereocenters. The average molecular weight is 527 g/mol. The quantitative estimate of drug-likeness (QED) is 0.392. The van der Waals surface area contributed by atoms with Crippen LogP contribution in [0.1, 0.15) is 41.6 Å². The number of likely N-dealkylation sites (tertiary alicyclic amines) is 1. The zero-order valence-electron chi connectivity index (χ0n) is 23.2. The van der Waals surface area contributed by atoms with E-state index in [-0.39, 0.29) is 0 Å². The summed E-state index contributed by atoms with van der Waals surface area (Å²) >= 11 is 0. The summed E-state index contributed by atoms with van der Waals surface area (Å²) in [6, 6.07) is 19.6. The Morgan fingerprint density at radius 3 is 2.28 bits per heavy atom. The van der Waals surface area contributed by atoms with Crippen LogP contribution in [0.15, 0.2) is 54.6 Å². The van der Waals surface area contributed by atoms with Gasteiger partial charge in [-0.25, -0.2) is 9.97 Å². The summed E-state index contributed by atoms with van der Waals surface area (Å²) in [6.45, 7) is 12.1. The van der Waals surface area contributed by atoms with Gasteiger partial charge in [0.1, 0.15) is 5.82 Å². The third-order valence-corrected chi connectivity index (χ3v) is 8.25. The van der Waals surface area contributed by atoms with Gasteiger partial charge in [-0.3, -0.25) is 9.80 Å². The molecule has 1 aromatic heterocycles. The molecule has 2 aromatic carbocycles. The van der Waals surface area contributed by atoms with Crippen molar-refractivity contribution in [3.8, 4) is 11.4 Å². The number of ether oxygens (including phenoxy) is 1. The first-order valence-corrected chi connectivity index (χ1v) is 14.8. The smallest absolute Gasteiger partial charge is 0.161 e. The second kappa shape index (κ2) is 13.0. The van der Waals surface area contributed by atoms with Gasteiger partial charge in [-0.2, -0.15) is 0 Å². The molecule has 0 saturated carbocycles. The van der Waals surface area contributed by atoms with E-state index in [4.69, 9.17) is 14.7 Å². The average Bonchev–Trinajstić information content (AvgIpc) is 3.50. The number of aromatic nitrogens is 2. The Balaban J connectivity index is 1.18. The Labute approximate surface area is 233 Å². The van der Waals surface area contributed by atoms with E-state index in [0.29, 0.717) is 0 Å². The molecule has 0 atom stereocenters. The zero-order chi connectivity index (χ0) is 26.3. The Kier molecular flexibility index (Phi) is 8.80. The van der Waals surface area contributed by atoms with Gasteiger partial charge in [0, 0.05) is 63.4 Å². The largest absolute Gasteiger partial charge is 0.379 e. The van der Waals surface area contributed by atoms with E-state index in [1.165, 1.54) is 48.3 Å². The molecule has 7 nitrogen and oxygen atoms in total. The third kappa shape index (κ3) is 7.03. The fourth-order valence-corrected chi connectivity index (χ4v) is 6.01. The molecule has 1 N–H and O–H groups in total. The van der Waals surface area contributed by atoms with Gasteiger partial charge in [-0.15, -0.1) is 0 Å². The Bertz CT molecular complexity index is 1190. The minimum Gasteiger partial charge on any atom is -0.379 e. The van der Waals surface area contributed by atoms with E-state index in [2.05, 4.69) is 74.6 Å². The van der Waals surface area contributed by atoms with Crippen molar-refractivity contribution in [3.63, 3.8) is 0 Å². The number of nitrogens with one attached hydrogen (secondary N) is 1. The van der Waals surface area contributed by atoms with Gasteiger partial charge in [0.15, 0.2) is 5.82 Å². The van der Waals surface area contributed by atoms with Crippen molar-refractivity contribution in [2.45, 2.75) is 45.3 Å². The zero-order valence-corrected chi connectivity index (χ0v) is 23.2. The van der Waals surface area contributed by atoms with E-state index < -0.39 is 0 Å². The molecule has 6 rings (SSSR count). The number of benzene rings is 2. The number of anilines is 1. The van der Waals surface area contributed by atoms with Gasteiger partial charge in [-0.1, -0.05) is 54.6 Å². The lowest BCUT2D eigenvalue weighted by Crippen LogP contribution is -2.35. The lowest BCUT2D eigenvalue weighted by atomic mass is 10.0. The maximum atomic E-state index is 5.50. The van der Waals surface area contributed by atoms with Crippen LogP contribution < -0.4 is 5.32 Å². The van der Waals surface area contributed by atoms with Crippen LogP contribution in [-0.4, -0.2) is 83.7 Å². The number of hydrogen-bond acceptors (Lipinski definition) is 7. The van der Waals surface area contributed by atoms with Crippen LogP contribution in [0.25, 0.3) is 11.4 Å². The number of rotatable bonds is 10. The van der Waals surface area contributed by atoms with Gasteiger partial charge < -0.3 is 15.0 Å². The number of hydrogen-bond donors (Lipinski definition) is 1. The van der Waals surface area contributed by atoms with E-state index in [9.17, 15) is 0 Å². The molecule has 7 heteroatoms. The number of nitrogens with zero attached hydrogens (tertiary/aromatic N) is 5. The van der Waals surface area contributed by atoms with Crippen LogP contribution in [0.4, 0.5) is 5.82 Å². The number of morpholine rings is 1. The molecular formula is C32H42N6O. The lowest BCUT2D eigenvalue weighted by molar-refractivity contribution is 0.0342. The Morgan fingerprint density at radius 1 is 0.744 bits per heavy atom. The summed E-state index contributed by atoms with van der Waals surface area (Å²) in [5.74, 6) is 1.86. The molecule has 4 heterocycles. The van der Waals surface area contributed by atoms with Crippen molar-refractivity contribution in [2.24, 2.45) is 0 Å². The SMILES string of the molecule is c1ccc(CN2CCc3nc(-c4ccc(CN5CCOCC5)cc4)nc(NCCCN4CCCC4)c3C2)cc1. The molecule has 39 heavy (non-hydrogen) atoms. The topological polar surface area (TPSA) is 56.8 Å². The van der Waals surface area contributed by atoms with Crippen molar-refractivity contribution in [1.82, 2.24) is 24.7 Å². The fraction of sp³-hybridized carbons (Fsp3) is 0.500. The van der Waals surface area contributed by atoms with E-state index in [1.807, 2.05) is 0 Å². The first-order valence-electron chi connectivity index (χ1n) is 14.8. The highest BCUT2D eigenvalue weighted by molar-refractivity contribution is 5.60. The summed E-state index contributed by atoms with van der Waals surface area (Å²) < 4.78 is 5.50. The highest BCUT2D eigenvalue weighted by atomic mass is 16.5. The summed E-state index contributed by atoms with van der Waals surface area (Å²) in [6.07, 6.45) is 4.78. The summed E-state index contributed by atoms with van der Waals surface area (Å²) in [5, 5.41) is 3.73. The van der Waals surface area contributed by atoms with Crippen LogP contribution in [-0.2, 0) is 30.8 Å². The summed E-state index contributed by atoms with van der Waals surface area (Å²) in [7, 11) is 0. The molecule has 0 amide bonds. The highest BCUT2D eigenvalue weighted by Gasteiger charge is 2.23. The summed E-state index contributed by atoms with van der Waals surface area (Å²) in [5.41, 5.74) is 6.25. The number of fused-ring (bicyclic) bond motifs is 1. The van der Waals surface area contributed by atoms with Crippen LogP contribution >= 0.6 is 0 Å². The van der Waals surface area contributed by atoms with Crippen LogP contribution in [0, 0.1) is 0 Å². The molecule has 206 valence electrons. The summed E-state index contributed by atoms with van der Waals surface area (Å²) in [4.78, 5) is 17.8. The second-order valence-corrected chi connectivity index (χ2v) is 11.2. The highest BCUT2D eigenvalue weighted by Crippen LogP contribution is 2.28. The van der Waals surface area contributed by atoms with Gasteiger partial charge in [-0.05, 0) is 50.0 Å². The molecular weight excluding hydrogens is 484 g/mol. The Morgan fingerprint density at radius 2 is 1.49 bits per heavy atom. The van der Waals surface area contributed by atoms with Gasteiger partial charge in [0.2, 0.25) is 0 Å². The van der Waals surface area contributed by atoms with Gasteiger partial charge in [0.05, 0.1) is 18.9 Å². The van der Waals surface area contributed by atoms with Crippen LogP contribution in [0.2, 0.25) is 0 Å². The first-order chi connectivity index (χ1) is 19.3.